The monoisotopic (exact) mass is 742 g/mol. The minimum Gasteiger partial charge on any atom is -0.489 e. The summed E-state index contributed by atoms with van der Waals surface area (Å²) in [6.07, 6.45) is 0.210. The smallest absolute Gasteiger partial charge is 0.412 e. The van der Waals surface area contributed by atoms with Gasteiger partial charge in [-0.2, -0.15) is 15.2 Å². The minimum absolute atomic E-state index is 0.00207. The highest BCUT2D eigenvalue weighted by molar-refractivity contribution is 7.23. The molecule has 0 bridgehead atoms. The standard InChI is InChI=1S/C35H34ClF3N6O5S/c1-34(2,3)50-33(46)43-31-20(12-40)22-19(5-6-21(38)29(22)51-31)23-25(36)28-24-27(26(23)39)41-32(42-30(24)45-9-10-47-14-18(45)15-48-28)49-16-35-7-4-8-44(35)13-17(37)11-35/h5-6,17-18H,4,7-11,13-16H2,1-3H3,(H,43,46)/t17-,18+,35+/m1/s1. The van der Waals surface area contributed by atoms with Crippen LogP contribution >= 0.6 is 22.9 Å². The molecule has 1 N–H and O–H groups in total. The van der Waals surface area contributed by atoms with Gasteiger partial charge in [-0.05, 0) is 51.8 Å². The summed E-state index contributed by atoms with van der Waals surface area (Å²) in [6, 6.07) is 4.15. The third-order valence-electron chi connectivity index (χ3n) is 9.88. The van der Waals surface area contributed by atoms with Crippen molar-refractivity contribution in [3.63, 3.8) is 0 Å². The van der Waals surface area contributed by atoms with Crippen molar-refractivity contribution in [2.24, 2.45) is 0 Å². The van der Waals surface area contributed by atoms with Crippen LogP contribution in [-0.2, 0) is 9.47 Å². The number of hydrogen-bond donors (Lipinski definition) is 1. The molecule has 2 aromatic heterocycles. The van der Waals surface area contributed by atoms with E-state index in [9.17, 15) is 14.4 Å². The number of halogens is 4. The van der Waals surface area contributed by atoms with Gasteiger partial charge >= 0.3 is 12.1 Å². The summed E-state index contributed by atoms with van der Waals surface area (Å²) in [5.41, 5.74) is -1.66. The fraction of sp³-hybridized carbons (Fsp3) is 0.486. The van der Waals surface area contributed by atoms with Crippen LogP contribution in [0.15, 0.2) is 12.1 Å². The van der Waals surface area contributed by atoms with Crippen LogP contribution in [0, 0.1) is 23.0 Å². The molecule has 4 aromatic rings. The highest BCUT2D eigenvalue weighted by Crippen LogP contribution is 2.51. The topological polar surface area (TPSA) is 122 Å². The average Bonchev–Trinajstić information content (AvgIpc) is 3.69. The van der Waals surface area contributed by atoms with E-state index >= 15 is 8.78 Å². The van der Waals surface area contributed by atoms with Crippen LogP contribution in [0.3, 0.4) is 0 Å². The van der Waals surface area contributed by atoms with Gasteiger partial charge < -0.3 is 23.8 Å². The predicted molar refractivity (Wildman–Crippen MR) is 186 cm³/mol. The third-order valence-corrected chi connectivity index (χ3v) is 11.4. The summed E-state index contributed by atoms with van der Waals surface area (Å²) < 4.78 is 70.9. The number of thiophene rings is 1. The third kappa shape index (κ3) is 5.76. The number of morpholine rings is 1. The van der Waals surface area contributed by atoms with Gasteiger partial charge in [-0.3, -0.25) is 10.2 Å². The molecule has 4 aliphatic heterocycles. The molecule has 268 valence electrons. The number of aromatic nitrogens is 2. The van der Waals surface area contributed by atoms with Gasteiger partial charge in [0.05, 0.1) is 45.5 Å². The van der Waals surface area contributed by atoms with Crippen molar-refractivity contribution in [3.8, 4) is 29.0 Å². The Morgan fingerprint density at radius 1 is 1.24 bits per heavy atom. The van der Waals surface area contributed by atoms with Crippen molar-refractivity contribution in [2.75, 3.05) is 56.3 Å². The number of hydrogen-bond acceptors (Lipinski definition) is 11. The first-order valence-corrected chi connectivity index (χ1v) is 17.9. The van der Waals surface area contributed by atoms with Gasteiger partial charge in [-0.1, -0.05) is 17.7 Å². The lowest BCUT2D eigenvalue weighted by Gasteiger charge is -2.35. The van der Waals surface area contributed by atoms with Crippen molar-refractivity contribution >= 4 is 60.8 Å². The zero-order valence-electron chi connectivity index (χ0n) is 28.1. The fourth-order valence-corrected chi connectivity index (χ4v) is 9.15. The molecule has 6 heterocycles. The Morgan fingerprint density at radius 3 is 2.84 bits per heavy atom. The Hall–Kier alpha value is -4.10. The molecule has 8 rings (SSSR count). The van der Waals surface area contributed by atoms with Crippen LogP contribution in [0.2, 0.25) is 5.02 Å². The van der Waals surface area contributed by atoms with E-state index in [2.05, 4.69) is 15.2 Å². The predicted octanol–water partition coefficient (Wildman–Crippen LogP) is 7.21. The van der Waals surface area contributed by atoms with Gasteiger partial charge in [0.1, 0.15) is 53.2 Å². The molecule has 0 radical (unpaired) electrons. The van der Waals surface area contributed by atoms with Crippen molar-refractivity contribution in [2.45, 2.75) is 63.4 Å². The first-order chi connectivity index (χ1) is 24.4. The maximum absolute atomic E-state index is 17.3. The van der Waals surface area contributed by atoms with E-state index in [1.54, 1.807) is 20.8 Å². The molecule has 3 saturated heterocycles. The largest absolute Gasteiger partial charge is 0.489 e. The SMILES string of the molecule is CC(C)(C)OC(=O)Nc1sc2c(F)ccc(-c3c(Cl)c4c5c(nc(OC[C@@]67CCCN6C[C@H](F)C7)nc5c3F)N3CCOC[C@H]3CO4)c2c1C#N. The van der Waals surface area contributed by atoms with E-state index in [0.29, 0.717) is 38.5 Å². The Morgan fingerprint density at radius 2 is 2.06 bits per heavy atom. The summed E-state index contributed by atoms with van der Waals surface area (Å²) in [6.45, 7) is 7.59. The van der Waals surface area contributed by atoms with Gasteiger partial charge in [-0.15, -0.1) is 11.3 Å². The normalized spacial score (nSPS) is 23.1. The van der Waals surface area contributed by atoms with Crippen LogP contribution in [0.5, 0.6) is 11.8 Å². The molecule has 3 atom stereocenters. The van der Waals surface area contributed by atoms with Gasteiger partial charge in [-0.25, -0.2) is 18.0 Å². The van der Waals surface area contributed by atoms with Crippen molar-refractivity contribution in [1.29, 1.82) is 5.26 Å². The number of nitrogens with one attached hydrogen (secondary N) is 1. The second-order valence-corrected chi connectivity index (χ2v) is 15.7. The maximum atomic E-state index is 17.3. The van der Waals surface area contributed by atoms with Crippen molar-refractivity contribution in [3.05, 3.63) is 34.4 Å². The summed E-state index contributed by atoms with van der Waals surface area (Å²) in [5.74, 6) is -1.06. The van der Waals surface area contributed by atoms with Crippen LogP contribution < -0.4 is 19.7 Å². The van der Waals surface area contributed by atoms with Crippen LogP contribution in [-0.4, -0.2) is 90.4 Å². The highest BCUT2D eigenvalue weighted by atomic mass is 35.5. The molecule has 0 unspecified atom stereocenters. The fourth-order valence-electron chi connectivity index (χ4n) is 7.75. The summed E-state index contributed by atoms with van der Waals surface area (Å²) in [5, 5.41) is 13.0. The van der Waals surface area contributed by atoms with Crippen LogP contribution in [0.1, 0.15) is 45.6 Å². The number of nitriles is 1. The lowest BCUT2D eigenvalue weighted by molar-refractivity contribution is 0.0636. The Labute approximate surface area is 300 Å². The molecule has 16 heteroatoms. The van der Waals surface area contributed by atoms with E-state index in [1.807, 2.05) is 11.0 Å². The molecule has 3 fully saturated rings. The number of fused-ring (bicyclic) bond motifs is 4. The maximum Gasteiger partial charge on any atom is 0.412 e. The number of benzene rings is 2. The molecule has 4 aliphatic rings. The van der Waals surface area contributed by atoms with E-state index in [1.165, 1.54) is 6.07 Å². The minimum atomic E-state index is -0.963. The van der Waals surface area contributed by atoms with Crippen LogP contribution in [0.4, 0.5) is 28.8 Å². The first kappa shape index (κ1) is 34.0. The van der Waals surface area contributed by atoms with E-state index < -0.39 is 35.0 Å². The van der Waals surface area contributed by atoms with Gasteiger partial charge in [0, 0.05) is 30.5 Å². The lowest BCUT2D eigenvalue weighted by Crippen LogP contribution is -2.48. The second-order valence-electron chi connectivity index (χ2n) is 14.3. The number of amides is 1. The molecule has 51 heavy (non-hydrogen) atoms. The lowest BCUT2D eigenvalue weighted by atomic mass is 9.95. The number of carbonyl (C=O) groups excluding carboxylic acids is 1. The Kier molecular flexibility index (Phi) is 8.36. The molecule has 1 amide bonds. The molecular weight excluding hydrogens is 709 g/mol. The number of alkyl halides is 1. The molecule has 11 nitrogen and oxygen atoms in total. The zero-order valence-corrected chi connectivity index (χ0v) is 29.7. The molecule has 2 aromatic carbocycles. The molecule has 0 spiro atoms. The Bertz CT molecular complexity index is 2140. The molecule has 0 saturated carbocycles. The quantitative estimate of drug-likeness (QED) is 0.224. The number of ether oxygens (including phenoxy) is 4. The van der Waals surface area contributed by atoms with Crippen molar-refractivity contribution < 1.29 is 36.9 Å². The highest BCUT2D eigenvalue weighted by Gasteiger charge is 2.49. The van der Waals surface area contributed by atoms with Crippen molar-refractivity contribution in [1.82, 2.24) is 14.9 Å². The zero-order chi connectivity index (χ0) is 35.8. The number of anilines is 2. The molecule has 0 aliphatic carbocycles. The van der Waals surface area contributed by atoms with E-state index in [4.69, 9.17) is 35.5 Å². The number of rotatable bonds is 5. The molecular formula is C35H34ClF3N6O5S. The summed E-state index contributed by atoms with van der Waals surface area (Å²) in [7, 11) is 0. The summed E-state index contributed by atoms with van der Waals surface area (Å²) in [4.78, 5) is 26.1. The van der Waals surface area contributed by atoms with Gasteiger partial charge in [0.15, 0.2) is 11.6 Å². The number of carbonyl (C=O) groups is 1. The second kappa shape index (κ2) is 12.5. The van der Waals surface area contributed by atoms with Crippen LogP contribution in [0.25, 0.3) is 32.1 Å². The Balaban J connectivity index is 1.30. The average molecular weight is 743 g/mol. The summed E-state index contributed by atoms with van der Waals surface area (Å²) >= 11 is 7.88. The first-order valence-electron chi connectivity index (χ1n) is 16.7. The van der Waals surface area contributed by atoms with E-state index in [0.717, 1.165) is 36.8 Å². The van der Waals surface area contributed by atoms with Gasteiger partial charge in [0.25, 0.3) is 0 Å². The van der Waals surface area contributed by atoms with E-state index in [-0.39, 0.29) is 78.7 Å². The van der Waals surface area contributed by atoms with Gasteiger partial charge in [0.2, 0.25) is 0 Å². The number of nitrogens with zero attached hydrogens (tertiary/aromatic N) is 5.